The Morgan fingerprint density at radius 2 is 1.74 bits per heavy atom. The second kappa shape index (κ2) is 5.08. The SMILES string of the molecule is Cc1cc(C)c(-c2[nH]nc(N)c2CC(C)C)c(C)c1. The van der Waals surface area contributed by atoms with E-state index in [4.69, 9.17) is 5.73 Å². The Morgan fingerprint density at radius 3 is 2.26 bits per heavy atom. The average molecular weight is 257 g/mol. The highest BCUT2D eigenvalue weighted by Gasteiger charge is 2.17. The maximum atomic E-state index is 6.01. The van der Waals surface area contributed by atoms with Crippen LogP contribution in [0, 0.1) is 26.7 Å². The third-order valence-electron chi connectivity index (χ3n) is 3.44. The Kier molecular flexibility index (Phi) is 3.65. The number of hydrogen-bond acceptors (Lipinski definition) is 2. The minimum atomic E-state index is 0.560. The molecule has 0 amide bonds. The van der Waals surface area contributed by atoms with Gasteiger partial charge in [-0.1, -0.05) is 31.5 Å². The standard InChI is InChI=1S/C16H23N3/c1-9(2)6-13-15(18-19-16(13)17)14-11(4)7-10(3)8-12(14)5/h7-9H,6H2,1-5H3,(H3,17,18,19). The highest BCUT2D eigenvalue weighted by molar-refractivity contribution is 5.74. The van der Waals surface area contributed by atoms with Crippen LogP contribution in [-0.4, -0.2) is 10.2 Å². The third kappa shape index (κ3) is 2.65. The van der Waals surface area contributed by atoms with Crippen molar-refractivity contribution in [3.63, 3.8) is 0 Å². The maximum Gasteiger partial charge on any atom is 0.149 e. The lowest BCUT2D eigenvalue weighted by Crippen LogP contribution is -2.00. The molecule has 0 radical (unpaired) electrons. The minimum absolute atomic E-state index is 0.560. The molecule has 3 nitrogen and oxygen atoms in total. The first-order chi connectivity index (χ1) is 8.90. The van der Waals surface area contributed by atoms with E-state index in [1.807, 2.05) is 0 Å². The summed E-state index contributed by atoms with van der Waals surface area (Å²) >= 11 is 0. The number of aryl methyl sites for hydroxylation is 3. The Balaban J connectivity index is 2.60. The van der Waals surface area contributed by atoms with E-state index in [-0.39, 0.29) is 0 Å². The van der Waals surface area contributed by atoms with E-state index in [0.717, 1.165) is 17.7 Å². The van der Waals surface area contributed by atoms with Gasteiger partial charge in [0, 0.05) is 11.1 Å². The highest BCUT2D eigenvalue weighted by atomic mass is 15.2. The molecular formula is C16H23N3. The molecule has 1 aromatic heterocycles. The van der Waals surface area contributed by atoms with Crippen LogP contribution >= 0.6 is 0 Å². The fourth-order valence-corrected chi connectivity index (χ4v) is 2.78. The Hall–Kier alpha value is -1.77. The van der Waals surface area contributed by atoms with Crippen molar-refractivity contribution in [2.24, 2.45) is 5.92 Å². The van der Waals surface area contributed by atoms with Crippen molar-refractivity contribution in [1.29, 1.82) is 0 Å². The maximum absolute atomic E-state index is 6.01. The number of nitrogens with two attached hydrogens (primary N) is 1. The number of H-pyrrole nitrogens is 1. The van der Waals surface area contributed by atoms with Crippen molar-refractivity contribution < 1.29 is 0 Å². The van der Waals surface area contributed by atoms with Gasteiger partial charge in [0.15, 0.2) is 0 Å². The summed E-state index contributed by atoms with van der Waals surface area (Å²) in [5.41, 5.74) is 13.3. The number of nitrogen functional groups attached to an aromatic ring is 1. The van der Waals surface area contributed by atoms with Gasteiger partial charge in [-0.2, -0.15) is 5.10 Å². The van der Waals surface area contributed by atoms with Gasteiger partial charge in [0.1, 0.15) is 5.82 Å². The molecule has 1 heterocycles. The normalized spacial score (nSPS) is 11.3. The molecule has 0 atom stereocenters. The molecular weight excluding hydrogens is 234 g/mol. The highest BCUT2D eigenvalue weighted by Crippen LogP contribution is 2.32. The Morgan fingerprint density at radius 1 is 1.16 bits per heavy atom. The average Bonchev–Trinajstić information content (AvgIpc) is 2.59. The monoisotopic (exact) mass is 257 g/mol. The summed E-state index contributed by atoms with van der Waals surface area (Å²) in [5, 5.41) is 7.33. The molecule has 0 aliphatic heterocycles. The summed E-state index contributed by atoms with van der Waals surface area (Å²) in [4.78, 5) is 0. The van der Waals surface area contributed by atoms with E-state index in [1.165, 1.54) is 22.3 Å². The molecule has 19 heavy (non-hydrogen) atoms. The van der Waals surface area contributed by atoms with E-state index in [2.05, 4.69) is 56.9 Å². The van der Waals surface area contributed by atoms with Crippen molar-refractivity contribution in [3.8, 4) is 11.3 Å². The van der Waals surface area contributed by atoms with Gasteiger partial charge in [0.25, 0.3) is 0 Å². The molecule has 102 valence electrons. The van der Waals surface area contributed by atoms with Crippen molar-refractivity contribution in [2.45, 2.75) is 41.0 Å². The Labute approximate surface area is 115 Å². The van der Waals surface area contributed by atoms with E-state index >= 15 is 0 Å². The molecule has 0 bridgehead atoms. The lowest BCUT2D eigenvalue weighted by molar-refractivity contribution is 0.649. The molecule has 0 saturated carbocycles. The lowest BCUT2D eigenvalue weighted by atomic mass is 9.92. The zero-order valence-corrected chi connectivity index (χ0v) is 12.5. The van der Waals surface area contributed by atoms with Gasteiger partial charge in [0.2, 0.25) is 0 Å². The number of benzene rings is 1. The van der Waals surface area contributed by atoms with Crippen LogP contribution in [0.25, 0.3) is 11.3 Å². The molecule has 1 aromatic carbocycles. The first-order valence-corrected chi connectivity index (χ1v) is 6.81. The van der Waals surface area contributed by atoms with Crippen LogP contribution in [0.1, 0.15) is 36.1 Å². The number of hydrogen-bond donors (Lipinski definition) is 2. The third-order valence-corrected chi connectivity index (χ3v) is 3.44. The van der Waals surface area contributed by atoms with Crippen LogP contribution in [0.5, 0.6) is 0 Å². The predicted octanol–water partition coefficient (Wildman–Crippen LogP) is 3.78. The van der Waals surface area contributed by atoms with Crippen LogP contribution in [0.3, 0.4) is 0 Å². The number of anilines is 1. The second-order valence-electron chi connectivity index (χ2n) is 5.83. The quantitative estimate of drug-likeness (QED) is 0.879. The summed E-state index contributed by atoms with van der Waals surface area (Å²) in [6.07, 6.45) is 0.949. The summed E-state index contributed by atoms with van der Waals surface area (Å²) in [6, 6.07) is 4.41. The van der Waals surface area contributed by atoms with Crippen LogP contribution in [-0.2, 0) is 6.42 Å². The first kappa shape index (κ1) is 13.7. The van der Waals surface area contributed by atoms with E-state index < -0.39 is 0 Å². The van der Waals surface area contributed by atoms with Gasteiger partial charge < -0.3 is 5.73 Å². The molecule has 0 unspecified atom stereocenters. The smallest absolute Gasteiger partial charge is 0.149 e. The number of nitrogens with zero attached hydrogens (tertiary/aromatic N) is 1. The number of aromatic nitrogens is 2. The summed E-state index contributed by atoms with van der Waals surface area (Å²) in [7, 11) is 0. The largest absolute Gasteiger partial charge is 0.382 e. The first-order valence-electron chi connectivity index (χ1n) is 6.81. The van der Waals surface area contributed by atoms with Gasteiger partial charge >= 0.3 is 0 Å². The van der Waals surface area contributed by atoms with Gasteiger partial charge in [0.05, 0.1) is 5.69 Å². The summed E-state index contributed by atoms with van der Waals surface area (Å²) in [5.74, 6) is 1.19. The van der Waals surface area contributed by atoms with Crippen molar-refractivity contribution in [3.05, 3.63) is 34.4 Å². The van der Waals surface area contributed by atoms with Crippen LogP contribution in [0.15, 0.2) is 12.1 Å². The van der Waals surface area contributed by atoms with Crippen LogP contribution < -0.4 is 5.73 Å². The number of nitrogens with one attached hydrogen (secondary N) is 1. The van der Waals surface area contributed by atoms with E-state index in [0.29, 0.717) is 11.7 Å². The fourth-order valence-electron chi connectivity index (χ4n) is 2.78. The number of rotatable bonds is 3. The Bertz CT molecular complexity index is 571. The molecule has 0 fully saturated rings. The lowest BCUT2D eigenvalue weighted by Gasteiger charge is -2.13. The molecule has 3 N–H and O–H groups in total. The van der Waals surface area contributed by atoms with Crippen LogP contribution in [0.2, 0.25) is 0 Å². The van der Waals surface area contributed by atoms with Gasteiger partial charge in [-0.3, -0.25) is 5.10 Å². The van der Waals surface area contributed by atoms with E-state index in [1.54, 1.807) is 0 Å². The predicted molar refractivity (Wildman–Crippen MR) is 81.2 cm³/mol. The van der Waals surface area contributed by atoms with Crippen molar-refractivity contribution >= 4 is 5.82 Å². The molecule has 2 aromatic rings. The molecule has 0 spiro atoms. The van der Waals surface area contributed by atoms with E-state index in [9.17, 15) is 0 Å². The van der Waals surface area contributed by atoms with Gasteiger partial charge in [-0.25, -0.2) is 0 Å². The molecule has 0 aliphatic carbocycles. The second-order valence-corrected chi connectivity index (χ2v) is 5.83. The summed E-state index contributed by atoms with van der Waals surface area (Å²) in [6.45, 7) is 10.8. The van der Waals surface area contributed by atoms with Gasteiger partial charge in [-0.15, -0.1) is 0 Å². The molecule has 3 heteroatoms. The fraction of sp³-hybridized carbons (Fsp3) is 0.438. The molecule has 0 saturated heterocycles. The molecule has 0 aliphatic rings. The molecule has 2 rings (SSSR count). The van der Waals surface area contributed by atoms with Crippen molar-refractivity contribution in [2.75, 3.05) is 5.73 Å². The minimum Gasteiger partial charge on any atom is -0.382 e. The van der Waals surface area contributed by atoms with Crippen molar-refractivity contribution in [1.82, 2.24) is 10.2 Å². The zero-order valence-electron chi connectivity index (χ0n) is 12.5. The topological polar surface area (TPSA) is 54.7 Å². The van der Waals surface area contributed by atoms with Crippen LogP contribution in [0.4, 0.5) is 5.82 Å². The number of aromatic amines is 1. The van der Waals surface area contributed by atoms with Gasteiger partial charge in [-0.05, 0) is 44.2 Å². The zero-order chi connectivity index (χ0) is 14.2. The summed E-state index contributed by atoms with van der Waals surface area (Å²) < 4.78 is 0.